The SMILES string of the molecule is CC(N[C@H](C)c1ccc(Cl)cc1)c1ccc(O)cc1F. The van der Waals surface area contributed by atoms with Gasteiger partial charge < -0.3 is 10.4 Å². The second kappa shape index (κ2) is 6.25. The Bertz CT molecular complexity index is 586. The first-order valence-corrected chi connectivity index (χ1v) is 6.85. The predicted molar refractivity (Wildman–Crippen MR) is 79.5 cm³/mol. The van der Waals surface area contributed by atoms with Crippen LogP contribution >= 0.6 is 11.6 Å². The molecule has 4 heteroatoms. The molecule has 0 saturated carbocycles. The average Bonchev–Trinajstić information content (AvgIpc) is 2.39. The predicted octanol–water partition coefficient (Wildman–Crippen LogP) is 4.60. The maximum Gasteiger partial charge on any atom is 0.131 e. The van der Waals surface area contributed by atoms with E-state index < -0.39 is 5.82 Å². The minimum absolute atomic E-state index is 0.0652. The van der Waals surface area contributed by atoms with Crippen molar-refractivity contribution >= 4 is 11.6 Å². The molecular formula is C16H17ClFNO. The van der Waals surface area contributed by atoms with E-state index in [4.69, 9.17) is 11.6 Å². The highest BCUT2D eigenvalue weighted by atomic mass is 35.5. The van der Waals surface area contributed by atoms with Crippen molar-refractivity contribution in [3.63, 3.8) is 0 Å². The van der Waals surface area contributed by atoms with Crippen LogP contribution in [-0.4, -0.2) is 5.11 Å². The molecule has 0 amide bonds. The molecule has 2 rings (SSSR count). The van der Waals surface area contributed by atoms with Crippen LogP contribution in [-0.2, 0) is 0 Å². The van der Waals surface area contributed by atoms with Crippen molar-refractivity contribution in [3.05, 3.63) is 64.4 Å². The van der Waals surface area contributed by atoms with E-state index in [1.54, 1.807) is 6.07 Å². The Morgan fingerprint density at radius 2 is 1.70 bits per heavy atom. The number of nitrogens with one attached hydrogen (secondary N) is 1. The van der Waals surface area contributed by atoms with Crippen molar-refractivity contribution in [3.8, 4) is 5.75 Å². The second-order valence-electron chi connectivity index (χ2n) is 4.87. The van der Waals surface area contributed by atoms with E-state index in [-0.39, 0.29) is 17.8 Å². The van der Waals surface area contributed by atoms with Gasteiger partial charge in [-0.15, -0.1) is 0 Å². The number of halogens is 2. The molecule has 106 valence electrons. The van der Waals surface area contributed by atoms with Gasteiger partial charge in [0.05, 0.1) is 0 Å². The molecule has 0 saturated heterocycles. The first-order chi connectivity index (χ1) is 9.47. The highest BCUT2D eigenvalue weighted by Gasteiger charge is 2.14. The van der Waals surface area contributed by atoms with Gasteiger partial charge in [0.15, 0.2) is 0 Å². The Morgan fingerprint density at radius 3 is 2.30 bits per heavy atom. The van der Waals surface area contributed by atoms with Gasteiger partial charge in [0.1, 0.15) is 11.6 Å². The monoisotopic (exact) mass is 293 g/mol. The van der Waals surface area contributed by atoms with Crippen molar-refractivity contribution in [2.24, 2.45) is 0 Å². The summed E-state index contributed by atoms with van der Waals surface area (Å²) in [5, 5.41) is 13.3. The zero-order valence-corrected chi connectivity index (χ0v) is 12.2. The molecule has 2 nitrogen and oxygen atoms in total. The van der Waals surface area contributed by atoms with Crippen LogP contribution in [0.5, 0.6) is 5.75 Å². The van der Waals surface area contributed by atoms with Gasteiger partial charge >= 0.3 is 0 Å². The largest absolute Gasteiger partial charge is 0.508 e. The number of hydrogen-bond acceptors (Lipinski definition) is 2. The van der Waals surface area contributed by atoms with E-state index in [1.807, 2.05) is 38.1 Å². The van der Waals surface area contributed by atoms with Gasteiger partial charge in [-0.25, -0.2) is 4.39 Å². The van der Waals surface area contributed by atoms with Crippen molar-refractivity contribution in [1.82, 2.24) is 5.32 Å². The fraction of sp³-hybridized carbons (Fsp3) is 0.250. The minimum Gasteiger partial charge on any atom is -0.508 e. The Kier molecular flexibility index (Phi) is 4.63. The quantitative estimate of drug-likeness (QED) is 0.863. The Labute approximate surface area is 123 Å². The standard InChI is InChI=1S/C16H17ClFNO/c1-10(12-3-5-13(17)6-4-12)19-11(2)15-8-7-14(20)9-16(15)18/h3-11,19-20H,1-2H3/t10-,11?/m1/s1. The van der Waals surface area contributed by atoms with Crippen LogP contribution in [0.15, 0.2) is 42.5 Å². The molecule has 0 radical (unpaired) electrons. The van der Waals surface area contributed by atoms with E-state index in [0.29, 0.717) is 10.6 Å². The summed E-state index contributed by atoms with van der Waals surface area (Å²) < 4.78 is 13.8. The summed E-state index contributed by atoms with van der Waals surface area (Å²) in [4.78, 5) is 0. The number of phenols is 1. The Balaban J connectivity index is 2.10. The molecule has 0 aliphatic carbocycles. The van der Waals surface area contributed by atoms with Gasteiger partial charge in [0, 0.05) is 28.7 Å². The maximum atomic E-state index is 13.8. The molecule has 2 atom stereocenters. The summed E-state index contributed by atoms with van der Waals surface area (Å²) in [5.41, 5.74) is 1.61. The molecule has 0 spiro atoms. The van der Waals surface area contributed by atoms with Crippen LogP contribution in [0.25, 0.3) is 0 Å². The molecule has 0 bridgehead atoms. The number of hydrogen-bond donors (Lipinski definition) is 2. The van der Waals surface area contributed by atoms with Crippen molar-refractivity contribution in [2.45, 2.75) is 25.9 Å². The molecule has 2 N–H and O–H groups in total. The van der Waals surface area contributed by atoms with E-state index in [1.165, 1.54) is 6.07 Å². The highest BCUT2D eigenvalue weighted by Crippen LogP contribution is 2.24. The number of aromatic hydroxyl groups is 1. The molecule has 2 aromatic carbocycles. The number of phenolic OH excluding ortho intramolecular Hbond substituents is 1. The number of rotatable bonds is 4. The molecule has 0 aromatic heterocycles. The average molecular weight is 294 g/mol. The van der Waals surface area contributed by atoms with E-state index in [2.05, 4.69) is 5.32 Å². The summed E-state index contributed by atoms with van der Waals surface area (Å²) in [5.74, 6) is -0.475. The molecule has 0 heterocycles. The van der Waals surface area contributed by atoms with Crippen LogP contribution in [0.1, 0.15) is 37.1 Å². The summed E-state index contributed by atoms with van der Waals surface area (Å²) in [6.07, 6.45) is 0. The van der Waals surface area contributed by atoms with Crippen LogP contribution < -0.4 is 5.32 Å². The fourth-order valence-electron chi connectivity index (χ4n) is 2.18. The minimum atomic E-state index is -0.409. The molecule has 20 heavy (non-hydrogen) atoms. The second-order valence-corrected chi connectivity index (χ2v) is 5.30. The van der Waals surface area contributed by atoms with Gasteiger partial charge in [0.25, 0.3) is 0 Å². The lowest BCUT2D eigenvalue weighted by Crippen LogP contribution is -2.23. The topological polar surface area (TPSA) is 32.3 Å². The molecule has 2 aromatic rings. The maximum absolute atomic E-state index is 13.8. The van der Waals surface area contributed by atoms with Crippen LogP contribution in [0.2, 0.25) is 5.02 Å². The van der Waals surface area contributed by atoms with Crippen molar-refractivity contribution < 1.29 is 9.50 Å². The highest BCUT2D eigenvalue weighted by molar-refractivity contribution is 6.30. The van der Waals surface area contributed by atoms with Gasteiger partial charge in [-0.1, -0.05) is 29.8 Å². The zero-order valence-electron chi connectivity index (χ0n) is 11.4. The lowest BCUT2D eigenvalue weighted by atomic mass is 10.0. The van der Waals surface area contributed by atoms with E-state index in [9.17, 15) is 9.50 Å². The van der Waals surface area contributed by atoms with Gasteiger partial charge in [-0.3, -0.25) is 0 Å². The molecule has 0 fully saturated rings. The third-order valence-electron chi connectivity index (χ3n) is 3.32. The van der Waals surface area contributed by atoms with Crippen molar-refractivity contribution in [1.29, 1.82) is 0 Å². The molecular weight excluding hydrogens is 277 g/mol. The summed E-state index contributed by atoms with van der Waals surface area (Å²) in [6, 6.07) is 11.7. The van der Waals surface area contributed by atoms with Gasteiger partial charge in [-0.05, 0) is 37.6 Å². The smallest absolute Gasteiger partial charge is 0.131 e. The van der Waals surface area contributed by atoms with Crippen LogP contribution in [0.3, 0.4) is 0 Å². The third kappa shape index (κ3) is 3.50. The van der Waals surface area contributed by atoms with Crippen LogP contribution in [0.4, 0.5) is 4.39 Å². The lowest BCUT2D eigenvalue weighted by molar-refractivity contribution is 0.454. The molecule has 1 unspecified atom stereocenters. The third-order valence-corrected chi connectivity index (χ3v) is 3.57. The van der Waals surface area contributed by atoms with E-state index >= 15 is 0 Å². The van der Waals surface area contributed by atoms with Crippen molar-refractivity contribution in [2.75, 3.05) is 0 Å². The first-order valence-electron chi connectivity index (χ1n) is 6.47. The first kappa shape index (κ1) is 14.8. The number of benzene rings is 2. The van der Waals surface area contributed by atoms with Gasteiger partial charge in [0.2, 0.25) is 0 Å². The fourth-order valence-corrected chi connectivity index (χ4v) is 2.31. The summed E-state index contributed by atoms with van der Waals surface area (Å²) in [6.45, 7) is 3.90. The summed E-state index contributed by atoms with van der Waals surface area (Å²) >= 11 is 5.86. The Morgan fingerprint density at radius 1 is 1.05 bits per heavy atom. The molecule has 0 aliphatic heterocycles. The normalized spacial score (nSPS) is 14.0. The zero-order chi connectivity index (χ0) is 14.7. The van der Waals surface area contributed by atoms with Crippen LogP contribution in [0, 0.1) is 5.82 Å². The lowest BCUT2D eigenvalue weighted by Gasteiger charge is -2.21. The van der Waals surface area contributed by atoms with E-state index in [0.717, 1.165) is 11.6 Å². The van der Waals surface area contributed by atoms with Gasteiger partial charge in [-0.2, -0.15) is 0 Å². The Hall–Kier alpha value is -1.58. The molecule has 0 aliphatic rings. The summed E-state index contributed by atoms with van der Waals surface area (Å²) in [7, 11) is 0.